The standard InChI is InChI=1S/C21H24BrN3O2S/c1-27-16-6-4-5-15(11-16)13-25-18(12-19-20(25)17(22)14-28-19)21(26)23-7-10-24-8-2-3-9-24/h4-6,11-12,14H,2-3,7-10,13H2,1H3,(H,23,26). The highest BCUT2D eigenvalue weighted by Gasteiger charge is 2.19. The Morgan fingerprint density at radius 1 is 1.29 bits per heavy atom. The van der Waals surface area contributed by atoms with Crippen LogP contribution in [0.2, 0.25) is 0 Å². The molecule has 148 valence electrons. The number of rotatable bonds is 7. The summed E-state index contributed by atoms with van der Waals surface area (Å²) in [7, 11) is 1.67. The first kappa shape index (κ1) is 19.5. The molecule has 1 N–H and O–H groups in total. The lowest BCUT2D eigenvalue weighted by Crippen LogP contribution is -2.34. The summed E-state index contributed by atoms with van der Waals surface area (Å²) in [6.45, 7) is 4.50. The molecule has 0 saturated carbocycles. The topological polar surface area (TPSA) is 46.5 Å². The first-order valence-corrected chi connectivity index (χ1v) is 11.2. The van der Waals surface area contributed by atoms with Crippen LogP contribution in [0.15, 0.2) is 40.2 Å². The summed E-state index contributed by atoms with van der Waals surface area (Å²) >= 11 is 5.29. The number of benzene rings is 1. The minimum Gasteiger partial charge on any atom is -0.497 e. The summed E-state index contributed by atoms with van der Waals surface area (Å²) in [4.78, 5) is 15.4. The Kier molecular flexibility index (Phi) is 6.04. The molecule has 0 atom stereocenters. The Bertz CT molecular complexity index is 975. The van der Waals surface area contributed by atoms with E-state index in [0.29, 0.717) is 18.8 Å². The highest BCUT2D eigenvalue weighted by Crippen LogP contribution is 2.34. The lowest BCUT2D eigenvalue weighted by atomic mass is 10.2. The van der Waals surface area contributed by atoms with Crippen molar-refractivity contribution >= 4 is 43.4 Å². The molecule has 1 aliphatic heterocycles. The number of ether oxygens (including phenoxy) is 1. The van der Waals surface area contributed by atoms with Crippen LogP contribution >= 0.6 is 27.3 Å². The van der Waals surface area contributed by atoms with Crippen LogP contribution in [-0.2, 0) is 6.54 Å². The number of nitrogens with one attached hydrogen (secondary N) is 1. The molecule has 2 aromatic heterocycles. The van der Waals surface area contributed by atoms with Gasteiger partial charge in [-0.2, -0.15) is 0 Å². The Balaban J connectivity index is 1.56. The number of methoxy groups -OCH3 is 1. The number of hydrogen-bond acceptors (Lipinski definition) is 4. The summed E-state index contributed by atoms with van der Waals surface area (Å²) in [5.41, 5.74) is 2.87. The molecule has 3 aromatic rings. The molecule has 0 bridgehead atoms. The van der Waals surface area contributed by atoms with E-state index in [2.05, 4.69) is 42.2 Å². The maximum absolute atomic E-state index is 12.9. The molecule has 1 aromatic carbocycles. The van der Waals surface area contributed by atoms with E-state index < -0.39 is 0 Å². The monoisotopic (exact) mass is 461 g/mol. The van der Waals surface area contributed by atoms with E-state index in [0.717, 1.165) is 45.6 Å². The van der Waals surface area contributed by atoms with Gasteiger partial charge in [-0.25, -0.2) is 0 Å². The second-order valence-electron chi connectivity index (χ2n) is 7.07. The molecule has 4 rings (SSSR count). The highest BCUT2D eigenvalue weighted by molar-refractivity contribution is 9.10. The number of amides is 1. The average molecular weight is 462 g/mol. The van der Waals surface area contributed by atoms with E-state index in [9.17, 15) is 4.79 Å². The summed E-state index contributed by atoms with van der Waals surface area (Å²) in [6, 6.07) is 9.98. The van der Waals surface area contributed by atoms with Crippen LogP contribution in [0, 0.1) is 0 Å². The van der Waals surface area contributed by atoms with Crippen molar-refractivity contribution in [3.63, 3.8) is 0 Å². The molecule has 1 amide bonds. The number of carbonyl (C=O) groups is 1. The van der Waals surface area contributed by atoms with E-state index in [-0.39, 0.29) is 5.91 Å². The molecule has 0 unspecified atom stereocenters. The predicted octanol–water partition coefficient (Wildman–Crippen LogP) is 4.35. The molecule has 0 aliphatic carbocycles. The Hall–Kier alpha value is -1.83. The maximum Gasteiger partial charge on any atom is 0.268 e. The molecule has 5 nitrogen and oxygen atoms in total. The fraction of sp³-hybridized carbons (Fsp3) is 0.381. The third kappa shape index (κ3) is 4.11. The minimum atomic E-state index is -0.0163. The lowest BCUT2D eigenvalue weighted by Gasteiger charge is -2.16. The van der Waals surface area contributed by atoms with Crippen molar-refractivity contribution in [2.24, 2.45) is 0 Å². The van der Waals surface area contributed by atoms with Crippen LogP contribution in [0.3, 0.4) is 0 Å². The fourth-order valence-corrected chi connectivity index (χ4v) is 5.45. The summed E-state index contributed by atoms with van der Waals surface area (Å²) < 4.78 is 9.57. The zero-order valence-electron chi connectivity index (χ0n) is 15.9. The predicted molar refractivity (Wildman–Crippen MR) is 118 cm³/mol. The summed E-state index contributed by atoms with van der Waals surface area (Å²) in [5.74, 6) is 0.805. The number of carbonyl (C=O) groups excluding carboxylic acids is 1. The maximum atomic E-state index is 12.9. The largest absolute Gasteiger partial charge is 0.497 e. The van der Waals surface area contributed by atoms with Crippen LogP contribution in [-0.4, -0.2) is 48.7 Å². The van der Waals surface area contributed by atoms with Crippen molar-refractivity contribution in [3.05, 3.63) is 51.4 Å². The second kappa shape index (κ2) is 8.68. The molecule has 3 heterocycles. The van der Waals surface area contributed by atoms with E-state index >= 15 is 0 Å². The molecular formula is C21H24BrN3O2S. The lowest BCUT2D eigenvalue weighted by molar-refractivity contribution is 0.0941. The Morgan fingerprint density at radius 3 is 2.89 bits per heavy atom. The van der Waals surface area contributed by atoms with Gasteiger partial charge in [0.2, 0.25) is 0 Å². The van der Waals surface area contributed by atoms with Crippen molar-refractivity contribution < 1.29 is 9.53 Å². The fourth-order valence-electron chi connectivity index (χ4n) is 3.76. The van der Waals surface area contributed by atoms with Gasteiger partial charge in [-0.05, 0) is 65.6 Å². The van der Waals surface area contributed by atoms with Gasteiger partial charge in [0.15, 0.2) is 0 Å². The van der Waals surface area contributed by atoms with Crippen LogP contribution in [0.4, 0.5) is 0 Å². The van der Waals surface area contributed by atoms with E-state index in [1.807, 2.05) is 24.3 Å². The zero-order valence-corrected chi connectivity index (χ0v) is 18.3. The van der Waals surface area contributed by atoms with Gasteiger partial charge < -0.3 is 19.5 Å². The van der Waals surface area contributed by atoms with Crippen molar-refractivity contribution in [1.29, 1.82) is 0 Å². The normalized spacial score (nSPS) is 14.6. The minimum absolute atomic E-state index is 0.0163. The third-order valence-electron chi connectivity index (χ3n) is 5.20. The van der Waals surface area contributed by atoms with Gasteiger partial charge in [0.25, 0.3) is 5.91 Å². The molecule has 0 radical (unpaired) electrons. The van der Waals surface area contributed by atoms with Crippen LogP contribution in [0.1, 0.15) is 28.9 Å². The Morgan fingerprint density at radius 2 is 2.11 bits per heavy atom. The van der Waals surface area contributed by atoms with Gasteiger partial charge in [-0.3, -0.25) is 4.79 Å². The SMILES string of the molecule is COc1cccc(Cn2c(C(=O)NCCN3CCCC3)cc3scc(Br)c32)c1. The van der Waals surface area contributed by atoms with Gasteiger partial charge in [0.05, 0.1) is 21.8 Å². The van der Waals surface area contributed by atoms with Crippen molar-refractivity contribution in [1.82, 2.24) is 14.8 Å². The molecule has 7 heteroatoms. The van der Waals surface area contributed by atoms with Crippen LogP contribution < -0.4 is 10.1 Å². The quantitative estimate of drug-likeness (QED) is 0.568. The number of likely N-dealkylation sites (tertiary alicyclic amines) is 1. The van der Waals surface area contributed by atoms with Crippen molar-refractivity contribution in [3.8, 4) is 5.75 Å². The van der Waals surface area contributed by atoms with E-state index in [4.69, 9.17) is 4.74 Å². The number of hydrogen-bond donors (Lipinski definition) is 1. The van der Waals surface area contributed by atoms with Crippen molar-refractivity contribution in [2.75, 3.05) is 33.3 Å². The average Bonchev–Trinajstić information content (AvgIpc) is 3.42. The van der Waals surface area contributed by atoms with Gasteiger partial charge in [0, 0.05) is 25.0 Å². The first-order chi connectivity index (χ1) is 13.7. The number of aromatic nitrogens is 1. The molecule has 1 saturated heterocycles. The third-order valence-corrected chi connectivity index (χ3v) is 7.02. The number of thiophene rings is 1. The van der Waals surface area contributed by atoms with Gasteiger partial charge in [-0.1, -0.05) is 12.1 Å². The summed E-state index contributed by atoms with van der Waals surface area (Å²) in [5, 5.41) is 5.18. The number of halogens is 1. The Labute approximate surface area is 177 Å². The number of nitrogens with zero attached hydrogens (tertiary/aromatic N) is 2. The molecule has 0 spiro atoms. The van der Waals surface area contributed by atoms with E-state index in [1.165, 1.54) is 12.8 Å². The molecule has 28 heavy (non-hydrogen) atoms. The molecular weight excluding hydrogens is 438 g/mol. The first-order valence-electron chi connectivity index (χ1n) is 9.55. The van der Waals surface area contributed by atoms with Gasteiger partial charge >= 0.3 is 0 Å². The zero-order chi connectivity index (χ0) is 19.5. The summed E-state index contributed by atoms with van der Waals surface area (Å²) in [6.07, 6.45) is 2.53. The van der Waals surface area contributed by atoms with Crippen molar-refractivity contribution in [2.45, 2.75) is 19.4 Å². The number of fused-ring (bicyclic) bond motifs is 1. The second-order valence-corrected chi connectivity index (χ2v) is 8.83. The van der Waals surface area contributed by atoms with Crippen LogP contribution in [0.5, 0.6) is 5.75 Å². The molecule has 1 aliphatic rings. The van der Waals surface area contributed by atoms with Crippen LogP contribution in [0.25, 0.3) is 10.2 Å². The smallest absolute Gasteiger partial charge is 0.268 e. The van der Waals surface area contributed by atoms with Gasteiger partial charge in [0.1, 0.15) is 11.4 Å². The molecule has 1 fully saturated rings. The highest BCUT2D eigenvalue weighted by atomic mass is 79.9. The van der Waals surface area contributed by atoms with Gasteiger partial charge in [-0.15, -0.1) is 11.3 Å². The van der Waals surface area contributed by atoms with E-state index in [1.54, 1.807) is 18.4 Å².